The Kier molecular flexibility index (Phi) is 4.71. The molecule has 4 rings (SSSR count). The highest BCUT2D eigenvalue weighted by molar-refractivity contribution is 5.98. The van der Waals surface area contributed by atoms with E-state index in [0.29, 0.717) is 52.0 Å². The second-order valence-electron chi connectivity index (χ2n) is 7.59. The number of likely N-dealkylation sites (tertiary alicyclic amines) is 1. The molecule has 1 aromatic rings. The average molecular weight is 358 g/mol. The Hall–Kier alpha value is -1.92. The van der Waals surface area contributed by atoms with Crippen molar-refractivity contribution >= 4 is 11.8 Å². The number of rotatable bonds is 3. The van der Waals surface area contributed by atoms with Gasteiger partial charge in [-0.2, -0.15) is 0 Å². The van der Waals surface area contributed by atoms with E-state index in [1.54, 1.807) is 4.90 Å². The van der Waals surface area contributed by atoms with Crippen LogP contribution in [0.1, 0.15) is 48.0 Å². The van der Waals surface area contributed by atoms with Gasteiger partial charge in [-0.05, 0) is 37.3 Å². The fourth-order valence-corrected chi connectivity index (χ4v) is 4.41. The molecule has 2 saturated heterocycles. The minimum Gasteiger partial charge on any atom is -0.390 e. The molecule has 2 amide bonds. The topological polar surface area (TPSA) is 70.1 Å². The molecule has 26 heavy (non-hydrogen) atoms. The maximum absolute atomic E-state index is 12.6. The largest absolute Gasteiger partial charge is 0.390 e. The van der Waals surface area contributed by atoms with E-state index in [2.05, 4.69) is 0 Å². The van der Waals surface area contributed by atoms with Crippen molar-refractivity contribution in [2.45, 2.75) is 50.4 Å². The molecule has 3 aliphatic rings. The third-order valence-corrected chi connectivity index (χ3v) is 6.07. The second-order valence-corrected chi connectivity index (χ2v) is 7.59. The summed E-state index contributed by atoms with van der Waals surface area (Å²) in [5, 5.41) is 10.3. The lowest BCUT2D eigenvalue weighted by atomic mass is 9.82. The molecule has 0 bridgehead atoms. The number of hydrogen-bond donors (Lipinski definition) is 1. The van der Waals surface area contributed by atoms with Crippen LogP contribution in [0.5, 0.6) is 0 Å². The van der Waals surface area contributed by atoms with E-state index < -0.39 is 11.7 Å². The number of carbonyl (C=O) groups excluding carboxylic acids is 2. The third-order valence-electron chi connectivity index (χ3n) is 6.07. The van der Waals surface area contributed by atoms with E-state index in [4.69, 9.17) is 4.74 Å². The van der Waals surface area contributed by atoms with Gasteiger partial charge in [-0.3, -0.25) is 9.59 Å². The van der Waals surface area contributed by atoms with Crippen LogP contribution in [0.3, 0.4) is 0 Å². The summed E-state index contributed by atoms with van der Waals surface area (Å²) in [4.78, 5) is 28.6. The quantitative estimate of drug-likeness (QED) is 0.890. The van der Waals surface area contributed by atoms with Crippen LogP contribution in [0.2, 0.25) is 0 Å². The number of fused-ring (bicyclic) bond motifs is 1. The van der Waals surface area contributed by atoms with Gasteiger partial charge < -0.3 is 19.6 Å². The summed E-state index contributed by atoms with van der Waals surface area (Å²) < 4.78 is 5.90. The van der Waals surface area contributed by atoms with Gasteiger partial charge in [0.2, 0.25) is 5.91 Å². The van der Waals surface area contributed by atoms with Crippen molar-refractivity contribution in [1.82, 2.24) is 9.80 Å². The fraction of sp³-hybridized carbons (Fsp3) is 0.600. The molecule has 1 spiro atoms. The number of carbonyl (C=O) groups is 2. The number of nitrogens with zero attached hydrogens (tertiary/aromatic N) is 2. The van der Waals surface area contributed by atoms with Gasteiger partial charge >= 0.3 is 0 Å². The summed E-state index contributed by atoms with van der Waals surface area (Å²) in [6.07, 6.45) is 2.98. The zero-order valence-corrected chi connectivity index (χ0v) is 15.0. The van der Waals surface area contributed by atoms with E-state index in [1.807, 2.05) is 29.2 Å². The molecule has 2 fully saturated rings. The summed E-state index contributed by atoms with van der Waals surface area (Å²) in [7, 11) is 0. The summed E-state index contributed by atoms with van der Waals surface area (Å²) in [6.45, 7) is 2.97. The molecule has 3 heterocycles. The number of ether oxygens (including phenoxy) is 1. The molecule has 1 aromatic carbocycles. The molecular weight excluding hydrogens is 332 g/mol. The maximum atomic E-state index is 12.6. The Bertz CT molecular complexity index is 697. The molecule has 140 valence electrons. The molecule has 1 atom stereocenters. The van der Waals surface area contributed by atoms with Crippen molar-refractivity contribution in [1.29, 1.82) is 0 Å². The molecule has 1 N–H and O–H groups in total. The van der Waals surface area contributed by atoms with Gasteiger partial charge in [0.05, 0.1) is 11.7 Å². The summed E-state index contributed by atoms with van der Waals surface area (Å²) in [6, 6.07) is 7.62. The summed E-state index contributed by atoms with van der Waals surface area (Å²) in [5.74, 6) is 0.0960. The van der Waals surface area contributed by atoms with Crippen LogP contribution in [-0.2, 0) is 16.1 Å². The lowest BCUT2D eigenvalue weighted by Gasteiger charge is -2.46. The Morgan fingerprint density at radius 2 is 2.04 bits per heavy atom. The van der Waals surface area contributed by atoms with Crippen LogP contribution in [0.25, 0.3) is 0 Å². The van der Waals surface area contributed by atoms with E-state index in [-0.39, 0.29) is 11.8 Å². The first-order valence-electron chi connectivity index (χ1n) is 9.56. The van der Waals surface area contributed by atoms with Gasteiger partial charge in [0.15, 0.2) is 0 Å². The normalized spacial score (nSPS) is 24.8. The molecule has 0 radical (unpaired) electrons. The molecular formula is C20H26N2O4. The minimum absolute atomic E-state index is 0.0183. The standard InChI is InChI=1S/C20H26N2O4/c23-17-6-3-13-26-20(17)8-11-21(12-9-20)18(24)7-10-22-14-15-4-1-2-5-16(15)19(22)25/h1-2,4-5,17,23H,3,6-14H2/t17-/m1/s1. The highest BCUT2D eigenvalue weighted by atomic mass is 16.5. The van der Waals surface area contributed by atoms with Gasteiger partial charge in [-0.1, -0.05) is 18.2 Å². The van der Waals surface area contributed by atoms with Crippen molar-refractivity contribution in [2.24, 2.45) is 0 Å². The Labute approximate surface area is 153 Å². The number of aliphatic hydroxyl groups is 1. The number of benzene rings is 1. The smallest absolute Gasteiger partial charge is 0.254 e. The Balaban J connectivity index is 1.28. The molecule has 0 aromatic heterocycles. The number of piperidine rings is 1. The minimum atomic E-state index is -0.457. The molecule has 6 nitrogen and oxygen atoms in total. The van der Waals surface area contributed by atoms with Crippen molar-refractivity contribution in [2.75, 3.05) is 26.2 Å². The van der Waals surface area contributed by atoms with Crippen LogP contribution in [0.4, 0.5) is 0 Å². The zero-order chi connectivity index (χ0) is 18.1. The monoisotopic (exact) mass is 358 g/mol. The van der Waals surface area contributed by atoms with Crippen LogP contribution >= 0.6 is 0 Å². The van der Waals surface area contributed by atoms with Crippen molar-refractivity contribution in [3.63, 3.8) is 0 Å². The van der Waals surface area contributed by atoms with Crippen molar-refractivity contribution < 1.29 is 19.4 Å². The number of hydrogen-bond acceptors (Lipinski definition) is 4. The fourth-order valence-electron chi connectivity index (χ4n) is 4.41. The summed E-state index contributed by atoms with van der Waals surface area (Å²) >= 11 is 0. The lowest BCUT2D eigenvalue weighted by Crippen LogP contribution is -2.56. The first-order valence-corrected chi connectivity index (χ1v) is 9.56. The average Bonchev–Trinajstić information content (AvgIpc) is 2.99. The highest BCUT2D eigenvalue weighted by Gasteiger charge is 2.44. The van der Waals surface area contributed by atoms with Crippen LogP contribution < -0.4 is 0 Å². The van der Waals surface area contributed by atoms with Gasteiger partial charge in [-0.15, -0.1) is 0 Å². The van der Waals surface area contributed by atoms with Crippen LogP contribution in [0.15, 0.2) is 24.3 Å². The molecule has 0 aliphatic carbocycles. The highest BCUT2D eigenvalue weighted by Crippen LogP contribution is 2.35. The predicted molar refractivity (Wildman–Crippen MR) is 95.5 cm³/mol. The van der Waals surface area contributed by atoms with E-state index in [1.165, 1.54) is 0 Å². The summed E-state index contributed by atoms with van der Waals surface area (Å²) in [5.41, 5.74) is 1.33. The predicted octanol–water partition coefficient (Wildman–Crippen LogP) is 1.57. The van der Waals surface area contributed by atoms with Gasteiger partial charge in [0, 0.05) is 44.8 Å². The maximum Gasteiger partial charge on any atom is 0.254 e. The molecule has 3 aliphatic heterocycles. The first-order chi connectivity index (χ1) is 12.6. The van der Waals surface area contributed by atoms with Gasteiger partial charge in [-0.25, -0.2) is 0 Å². The van der Waals surface area contributed by atoms with E-state index >= 15 is 0 Å². The Morgan fingerprint density at radius 3 is 2.77 bits per heavy atom. The first kappa shape index (κ1) is 17.5. The molecule has 6 heteroatoms. The zero-order valence-electron chi connectivity index (χ0n) is 15.0. The lowest BCUT2D eigenvalue weighted by molar-refractivity contribution is -0.179. The van der Waals surface area contributed by atoms with E-state index in [0.717, 1.165) is 24.0 Å². The van der Waals surface area contributed by atoms with Gasteiger partial charge in [0.1, 0.15) is 0 Å². The number of amides is 2. The number of aliphatic hydroxyl groups excluding tert-OH is 1. The third kappa shape index (κ3) is 3.12. The molecule has 0 unspecified atom stereocenters. The van der Waals surface area contributed by atoms with Crippen molar-refractivity contribution in [3.8, 4) is 0 Å². The SMILES string of the molecule is O=C(CCN1Cc2ccccc2C1=O)N1CCC2(CC1)OCCC[C@H]2O. The second kappa shape index (κ2) is 7.00. The van der Waals surface area contributed by atoms with Gasteiger partial charge in [0.25, 0.3) is 5.91 Å². The molecule has 0 saturated carbocycles. The van der Waals surface area contributed by atoms with Crippen LogP contribution in [-0.4, -0.2) is 64.7 Å². The Morgan fingerprint density at radius 1 is 1.27 bits per heavy atom. The van der Waals surface area contributed by atoms with Crippen molar-refractivity contribution in [3.05, 3.63) is 35.4 Å². The van der Waals surface area contributed by atoms with Crippen LogP contribution in [0, 0.1) is 0 Å². The van der Waals surface area contributed by atoms with E-state index in [9.17, 15) is 14.7 Å².